The largest absolute Gasteiger partial charge is 0.477 e. The first-order valence-electron chi connectivity index (χ1n) is 7.39. The monoisotopic (exact) mass is 305 g/mol. The van der Waals surface area contributed by atoms with Gasteiger partial charge in [0, 0.05) is 30.7 Å². The van der Waals surface area contributed by atoms with E-state index in [4.69, 9.17) is 9.47 Å². The van der Waals surface area contributed by atoms with Gasteiger partial charge in [-0.05, 0) is 26.3 Å². The summed E-state index contributed by atoms with van der Waals surface area (Å²) in [7, 11) is 0. The molecule has 3 heterocycles. The van der Waals surface area contributed by atoms with Gasteiger partial charge in [-0.2, -0.15) is 10.1 Å². The van der Waals surface area contributed by atoms with E-state index in [1.807, 2.05) is 24.7 Å². The Kier molecular flexibility index (Phi) is 3.98. The van der Waals surface area contributed by atoms with E-state index in [1.165, 1.54) is 0 Å². The minimum Gasteiger partial charge on any atom is -0.477 e. The number of nitrogens with zero attached hydrogens (tertiary/aromatic N) is 3. The third kappa shape index (κ3) is 3.04. The fourth-order valence-electron chi connectivity index (χ4n) is 2.54. The number of pyridine rings is 1. The van der Waals surface area contributed by atoms with Crippen LogP contribution in [0.3, 0.4) is 0 Å². The van der Waals surface area contributed by atoms with Crippen LogP contribution in [0.1, 0.15) is 30.6 Å². The SMILES string of the molecule is CC(C)Oc1nc2nn(CC3CCOC3)cc2cc1C(=O)O. The maximum atomic E-state index is 11.4. The second-order valence-electron chi connectivity index (χ2n) is 5.81. The Morgan fingerprint density at radius 1 is 1.59 bits per heavy atom. The topological polar surface area (TPSA) is 86.5 Å². The highest BCUT2D eigenvalue weighted by atomic mass is 16.5. The Labute approximate surface area is 127 Å². The first-order valence-corrected chi connectivity index (χ1v) is 7.39. The molecule has 0 spiro atoms. The average Bonchev–Trinajstić information content (AvgIpc) is 3.05. The van der Waals surface area contributed by atoms with Crippen molar-refractivity contribution in [3.05, 3.63) is 17.8 Å². The van der Waals surface area contributed by atoms with Crippen molar-refractivity contribution < 1.29 is 19.4 Å². The van der Waals surface area contributed by atoms with Crippen LogP contribution >= 0.6 is 0 Å². The van der Waals surface area contributed by atoms with Gasteiger partial charge in [0.2, 0.25) is 5.88 Å². The van der Waals surface area contributed by atoms with Crippen molar-refractivity contribution in [1.29, 1.82) is 0 Å². The summed E-state index contributed by atoms with van der Waals surface area (Å²) < 4.78 is 12.7. The molecule has 1 atom stereocenters. The summed E-state index contributed by atoms with van der Waals surface area (Å²) in [6.45, 7) is 5.94. The summed E-state index contributed by atoms with van der Waals surface area (Å²) in [6, 6.07) is 1.57. The zero-order valence-electron chi connectivity index (χ0n) is 12.7. The summed E-state index contributed by atoms with van der Waals surface area (Å²) in [5, 5.41) is 14.4. The van der Waals surface area contributed by atoms with E-state index in [-0.39, 0.29) is 17.5 Å². The van der Waals surface area contributed by atoms with Crippen molar-refractivity contribution >= 4 is 17.0 Å². The van der Waals surface area contributed by atoms with Gasteiger partial charge >= 0.3 is 5.97 Å². The van der Waals surface area contributed by atoms with Crippen LogP contribution in [-0.2, 0) is 11.3 Å². The molecule has 118 valence electrons. The van der Waals surface area contributed by atoms with Crippen molar-refractivity contribution in [1.82, 2.24) is 14.8 Å². The zero-order valence-corrected chi connectivity index (χ0v) is 12.7. The van der Waals surface area contributed by atoms with Crippen LogP contribution in [0.4, 0.5) is 0 Å². The van der Waals surface area contributed by atoms with Crippen molar-refractivity contribution in [3.63, 3.8) is 0 Å². The van der Waals surface area contributed by atoms with Crippen molar-refractivity contribution in [2.24, 2.45) is 5.92 Å². The lowest BCUT2D eigenvalue weighted by Gasteiger charge is -2.10. The Balaban J connectivity index is 1.94. The van der Waals surface area contributed by atoms with Crippen LogP contribution in [0, 0.1) is 5.92 Å². The van der Waals surface area contributed by atoms with Gasteiger partial charge in [-0.3, -0.25) is 4.68 Å². The fraction of sp³-hybridized carbons (Fsp3) is 0.533. The van der Waals surface area contributed by atoms with Gasteiger partial charge in [0.05, 0.1) is 12.7 Å². The van der Waals surface area contributed by atoms with Crippen LogP contribution in [0.2, 0.25) is 0 Å². The maximum Gasteiger partial charge on any atom is 0.341 e. The van der Waals surface area contributed by atoms with E-state index >= 15 is 0 Å². The molecule has 1 fully saturated rings. The van der Waals surface area contributed by atoms with Crippen LogP contribution < -0.4 is 4.74 Å². The molecule has 3 rings (SSSR count). The van der Waals surface area contributed by atoms with Crippen molar-refractivity contribution in [3.8, 4) is 5.88 Å². The minimum atomic E-state index is -1.05. The number of aromatic nitrogens is 3. The molecule has 2 aromatic heterocycles. The van der Waals surface area contributed by atoms with Gasteiger partial charge in [0.1, 0.15) is 5.56 Å². The first kappa shape index (κ1) is 14.8. The molecule has 1 unspecified atom stereocenters. The fourth-order valence-corrected chi connectivity index (χ4v) is 2.54. The number of rotatable bonds is 5. The number of carboxylic acids is 1. The summed E-state index contributed by atoms with van der Waals surface area (Å²) in [6.07, 6.45) is 2.69. The molecule has 1 saturated heterocycles. The normalized spacial score (nSPS) is 18.2. The molecule has 22 heavy (non-hydrogen) atoms. The third-order valence-corrected chi connectivity index (χ3v) is 3.55. The molecule has 0 radical (unpaired) electrons. The predicted octanol–water partition coefficient (Wildman–Crippen LogP) is 1.95. The van der Waals surface area contributed by atoms with Gasteiger partial charge in [-0.1, -0.05) is 0 Å². The Morgan fingerprint density at radius 3 is 3.05 bits per heavy atom. The molecule has 1 aliphatic heterocycles. The predicted molar refractivity (Wildman–Crippen MR) is 79.2 cm³/mol. The number of ether oxygens (including phenoxy) is 2. The summed E-state index contributed by atoms with van der Waals surface area (Å²) in [5.41, 5.74) is 0.560. The average molecular weight is 305 g/mol. The smallest absolute Gasteiger partial charge is 0.341 e. The van der Waals surface area contributed by atoms with E-state index in [9.17, 15) is 9.90 Å². The van der Waals surface area contributed by atoms with Gasteiger partial charge in [-0.15, -0.1) is 0 Å². The highest BCUT2D eigenvalue weighted by Crippen LogP contribution is 2.23. The number of carbonyl (C=O) groups is 1. The first-order chi connectivity index (χ1) is 10.5. The molecule has 0 aliphatic carbocycles. The second kappa shape index (κ2) is 5.92. The van der Waals surface area contributed by atoms with Crippen LogP contribution in [0.25, 0.3) is 11.0 Å². The van der Waals surface area contributed by atoms with E-state index in [0.29, 0.717) is 17.0 Å². The Bertz CT molecular complexity index is 689. The van der Waals surface area contributed by atoms with Gasteiger partial charge in [-0.25, -0.2) is 4.79 Å². The molecule has 2 aromatic rings. The second-order valence-corrected chi connectivity index (χ2v) is 5.81. The maximum absolute atomic E-state index is 11.4. The minimum absolute atomic E-state index is 0.0601. The number of fused-ring (bicyclic) bond motifs is 1. The standard InChI is InChI=1S/C15H19N3O4/c1-9(2)22-14-12(15(19)20)5-11-7-18(17-13(11)16-14)6-10-3-4-21-8-10/h5,7,9-10H,3-4,6,8H2,1-2H3,(H,19,20). The van der Waals surface area contributed by atoms with Crippen LogP contribution in [0.15, 0.2) is 12.3 Å². The molecule has 1 N–H and O–H groups in total. The lowest BCUT2D eigenvalue weighted by atomic mass is 10.1. The number of carboxylic acid groups (broad SMARTS) is 1. The lowest BCUT2D eigenvalue weighted by molar-refractivity contribution is 0.0689. The van der Waals surface area contributed by atoms with Crippen molar-refractivity contribution in [2.45, 2.75) is 32.9 Å². The quantitative estimate of drug-likeness (QED) is 0.908. The molecule has 1 aliphatic rings. The molecular weight excluding hydrogens is 286 g/mol. The molecule has 0 amide bonds. The van der Waals surface area contributed by atoms with Gasteiger partial charge < -0.3 is 14.6 Å². The van der Waals surface area contributed by atoms with Gasteiger partial charge in [0.25, 0.3) is 0 Å². The molecular formula is C15H19N3O4. The number of hydrogen-bond donors (Lipinski definition) is 1. The summed E-state index contributed by atoms with van der Waals surface area (Å²) in [5.74, 6) is -0.494. The summed E-state index contributed by atoms with van der Waals surface area (Å²) >= 11 is 0. The highest BCUT2D eigenvalue weighted by Gasteiger charge is 2.20. The highest BCUT2D eigenvalue weighted by molar-refractivity contribution is 5.94. The Morgan fingerprint density at radius 2 is 2.41 bits per heavy atom. The van der Waals surface area contributed by atoms with Crippen molar-refractivity contribution in [2.75, 3.05) is 13.2 Å². The van der Waals surface area contributed by atoms with Crippen LogP contribution in [0.5, 0.6) is 5.88 Å². The summed E-state index contributed by atoms with van der Waals surface area (Å²) in [4.78, 5) is 15.6. The number of aromatic carboxylic acids is 1. The molecule has 7 heteroatoms. The van der Waals surface area contributed by atoms with E-state index in [0.717, 1.165) is 26.2 Å². The van der Waals surface area contributed by atoms with Crippen LogP contribution in [-0.4, -0.2) is 45.2 Å². The number of hydrogen-bond acceptors (Lipinski definition) is 5. The van der Waals surface area contributed by atoms with E-state index < -0.39 is 5.97 Å². The van der Waals surface area contributed by atoms with Gasteiger partial charge in [0.15, 0.2) is 5.65 Å². The Hall–Kier alpha value is -2.15. The van der Waals surface area contributed by atoms with E-state index in [1.54, 1.807) is 6.07 Å². The molecule has 0 aromatic carbocycles. The zero-order chi connectivity index (χ0) is 15.7. The third-order valence-electron chi connectivity index (χ3n) is 3.55. The molecule has 0 saturated carbocycles. The van der Waals surface area contributed by atoms with E-state index in [2.05, 4.69) is 10.1 Å². The lowest BCUT2D eigenvalue weighted by Crippen LogP contribution is -2.12. The molecule has 7 nitrogen and oxygen atoms in total. The molecule has 0 bridgehead atoms.